The lowest BCUT2D eigenvalue weighted by molar-refractivity contribution is -0.145. The van der Waals surface area contributed by atoms with Gasteiger partial charge in [0.2, 0.25) is 0 Å². The van der Waals surface area contributed by atoms with E-state index in [1.807, 2.05) is 0 Å². The fraction of sp³-hybridized carbons (Fsp3) is 0.938. The molecule has 1 heterocycles. The van der Waals surface area contributed by atoms with Crippen LogP contribution >= 0.6 is 0 Å². The Morgan fingerprint density at radius 1 is 1.48 bits per heavy atom. The molecule has 2 N–H and O–H groups in total. The Bertz CT molecular complexity index is 363. The first-order valence-electron chi connectivity index (χ1n) is 8.38. The molecule has 0 aromatic rings. The van der Waals surface area contributed by atoms with Crippen LogP contribution in [0.3, 0.4) is 0 Å². The second-order valence-electron chi connectivity index (χ2n) is 6.61. The van der Waals surface area contributed by atoms with E-state index in [-0.39, 0.29) is 6.10 Å². The lowest BCUT2D eigenvalue weighted by atomic mass is 9.96. The van der Waals surface area contributed by atoms with Crippen LogP contribution in [-0.2, 0) is 9.53 Å². The third-order valence-electron chi connectivity index (χ3n) is 5.06. The summed E-state index contributed by atoms with van der Waals surface area (Å²) < 4.78 is 5.76. The van der Waals surface area contributed by atoms with E-state index < -0.39 is 11.5 Å². The van der Waals surface area contributed by atoms with Crippen LogP contribution in [0.25, 0.3) is 0 Å². The van der Waals surface area contributed by atoms with Gasteiger partial charge in [-0.3, -0.25) is 9.69 Å². The van der Waals surface area contributed by atoms with Crippen LogP contribution in [0.4, 0.5) is 0 Å². The Hall–Kier alpha value is -0.650. The summed E-state index contributed by atoms with van der Waals surface area (Å²) in [6.45, 7) is 8.84. The van der Waals surface area contributed by atoms with Crippen LogP contribution < -0.4 is 5.32 Å². The molecular formula is C16H30N2O3. The molecule has 4 unspecified atom stereocenters. The number of carbonyl (C=O) groups is 1. The minimum absolute atomic E-state index is 0.247. The van der Waals surface area contributed by atoms with Gasteiger partial charge in [0.15, 0.2) is 0 Å². The number of carboxylic acid groups (broad SMARTS) is 1. The van der Waals surface area contributed by atoms with E-state index in [4.69, 9.17) is 4.74 Å². The largest absolute Gasteiger partial charge is 0.480 e. The molecule has 5 nitrogen and oxygen atoms in total. The van der Waals surface area contributed by atoms with Crippen molar-refractivity contribution in [3.05, 3.63) is 0 Å². The Labute approximate surface area is 128 Å². The van der Waals surface area contributed by atoms with Crippen LogP contribution in [-0.4, -0.2) is 59.4 Å². The molecule has 0 radical (unpaired) electrons. The molecule has 1 aliphatic carbocycles. The monoisotopic (exact) mass is 298 g/mol. The van der Waals surface area contributed by atoms with Crippen molar-refractivity contribution >= 4 is 5.97 Å². The number of hydrogen-bond donors (Lipinski definition) is 2. The summed E-state index contributed by atoms with van der Waals surface area (Å²) in [5, 5.41) is 13.0. The van der Waals surface area contributed by atoms with Crippen LogP contribution in [0, 0.1) is 0 Å². The van der Waals surface area contributed by atoms with Gasteiger partial charge in [-0.2, -0.15) is 0 Å². The molecule has 4 atom stereocenters. The van der Waals surface area contributed by atoms with E-state index in [1.165, 1.54) is 0 Å². The van der Waals surface area contributed by atoms with E-state index in [0.717, 1.165) is 45.4 Å². The molecule has 122 valence electrons. The summed E-state index contributed by atoms with van der Waals surface area (Å²) in [7, 11) is 0. The van der Waals surface area contributed by atoms with Crippen LogP contribution in [0.5, 0.6) is 0 Å². The van der Waals surface area contributed by atoms with Crippen molar-refractivity contribution in [3.8, 4) is 0 Å². The highest BCUT2D eigenvalue weighted by molar-refractivity contribution is 5.79. The van der Waals surface area contributed by atoms with Crippen molar-refractivity contribution in [2.24, 2.45) is 0 Å². The highest BCUT2D eigenvalue weighted by atomic mass is 16.5. The molecule has 2 rings (SSSR count). The molecule has 1 saturated carbocycles. The zero-order valence-corrected chi connectivity index (χ0v) is 13.6. The highest BCUT2D eigenvalue weighted by Gasteiger charge is 2.48. The fourth-order valence-electron chi connectivity index (χ4n) is 3.77. The maximum atomic E-state index is 11.8. The molecule has 0 amide bonds. The van der Waals surface area contributed by atoms with Crippen molar-refractivity contribution in [1.29, 1.82) is 0 Å². The highest BCUT2D eigenvalue weighted by Crippen LogP contribution is 2.36. The quantitative estimate of drug-likeness (QED) is 0.784. The van der Waals surface area contributed by atoms with Gasteiger partial charge in [0.25, 0.3) is 0 Å². The average molecular weight is 298 g/mol. The predicted molar refractivity (Wildman–Crippen MR) is 82.5 cm³/mol. The van der Waals surface area contributed by atoms with E-state index >= 15 is 0 Å². The molecule has 0 bridgehead atoms. The van der Waals surface area contributed by atoms with Gasteiger partial charge >= 0.3 is 5.97 Å². The second-order valence-corrected chi connectivity index (χ2v) is 6.61. The standard InChI is InChI=1S/C16H30N2O3/c1-4-8-17-16(15(19)20)7-6-14(9-16)18-10-12(3)21-11-13(18)5-2/h12-14,17H,4-11H2,1-3H3,(H,19,20). The summed E-state index contributed by atoms with van der Waals surface area (Å²) >= 11 is 0. The number of nitrogens with zero attached hydrogens (tertiary/aromatic N) is 1. The van der Waals surface area contributed by atoms with Gasteiger partial charge in [-0.05, 0) is 45.6 Å². The van der Waals surface area contributed by atoms with Gasteiger partial charge in [-0.25, -0.2) is 0 Å². The van der Waals surface area contributed by atoms with Crippen molar-refractivity contribution < 1.29 is 14.6 Å². The third kappa shape index (κ3) is 3.58. The van der Waals surface area contributed by atoms with Gasteiger partial charge in [-0.15, -0.1) is 0 Å². The van der Waals surface area contributed by atoms with Gasteiger partial charge in [0.1, 0.15) is 5.54 Å². The molecule has 2 fully saturated rings. The summed E-state index contributed by atoms with van der Waals surface area (Å²) in [4.78, 5) is 14.3. The molecule has 1 saturated heterocycles. The lowest BCUT2D eigenvalue weighted by Crippen LogP contribution is -2.55. The second kappa shape index (κ2) is 7.07. The van der Waals surface area contributed by atoms with Crippen LogP contribution in [0.15, 0.2) is 0 Å². The molecular weight excluding hydrogens is 268 g/mol. The summed E-state index contributed by atoms with van der Waals surface area (Å²) in [5.41, 5.74) is -0.722. The van der Waals surface area contributed by atoms with E-state index in [9.17, 15) is 9.90 Å². The van der Waals surface area contributed by atoms with Gasteiger partial charge < -0.3 is 15.2 Å². The van der Waals surface area contributed by atoms with Gasteiger partial charge in [-0.1, -0.05) is 13.8 Å². The third-order valence-corrected chi connectivity index (χ3v) is 5.06. The van der Waals surface area contributed by atoms with Gasteiger partial charge in [0.05, 0.1) is 12.7 Å². The molecule has 0 aromatic heterocycles. The smallest absolute Gasteiger partial charge is 0.323 e. The lowest BCUT2D eigenvalue weighted by Gasteiger charge is -2.42. The fourth-order valence-corrected chi connectivity index (χ4v) is 3.77. The first-order chi connectivity index (χ1) is 10.0. The Morgan fingerprint density at radius 3 is 2.86 bits per heavy atom. The van der Waals surface area contributed by atoms with E-state index in [1.54, 1.807) is 0 Å². The maximum absolute atomic E-state index is 11.8. The first-order valence-corrected chi connectivity index (χ1v) is 8.38. The predicted octanol–water partition coefficient (Wildman–Crippen LogP) is 1.86. The number of aliphatic carboxylic acids is 1. The molecule has 0 aromatic carbocycles. The normalized spacial score (nSPS) is 37.8. The van der Waals surface area contributed by atoms with Crippen molar-refractivity contribution in [3.63, 3.8) is 0 Å². The zero-order valence-electron chi connectivity index (χ0n) is 13.6. The molecule has 0 spiro atoms. The minimum atomic E-state index is -0.722. The first kappa shape index (κ1) is 16.7. The maximum Gasteiger partial charge on any atom is 0.323 e. The van der Waals surface area contributed by atoms with E-state index in [0.29, 0.717) is 18.5 Å². The number of rotatable bonds is 6. The minimum Gasteiger partial charge on any atom is -0.480 e. The van der Waals surface area contributed by atoms with Crippen LogP contribution in [0.1, 0.15) is 52.9 Å². The van der Waals surface area contributed by atoms with Crippen LogP contribution in [0.2, 0.25) is 0 Å². The number of nitrogens with one attached hydrogen (secondary N) is 1. The zero-order chi connectivity index (χ0) is 15.5. The molecule has 21 heavy (non-hydrogen) atoms. The number of morpholine rings is 1. The van der Waals surface area contributed by atoms with Crippen molar-refractivity contribution in [2.45, 2.75) is 76.6 Å². The summed E-state index contributed by atoms with van der Waals surface area (Å²) in [6, 6.07) is 0.795. The Kier molecular flexibility index (Phi) is 5.63. The van der Waals surface area contributed by atoms with Crippen molar-refractivity contribution in [1.82, 2.24) is 10.2 Å². The number of ether oxygens (including phenoxy) is 1. The van der Waals surface area contributed by atoms with Crippen molar-refractivity contribution in [2.75, 3.05) is 19.7 Å². The Morgan fingerprint density at radius 2 is 2.24 bits per heavy atom. The topological polar surface area (TPSA) is 61.8 Å². The van der Waals surface area contributed by atoms with Gasteiger partial charge in [0, 0.05) is 18.6 Å². The average Bonchev–Trinajstić information content (AvgIpc) is 2.91. The number of hydrogen-bond acceptors (Lipinski definition) is 4. The summed E-state index contributed by atoms with van der Waals surface area (Å²) in [5.74, 6) is -0.687. The SMILES string of the molecule is CCCNC1(C(=O)O)CCC(N2CC(C)OCC2CC)C1. The molecule has 1 aliphatic heterocycles. The number of carboxylic acids is 1. The Balaban J connectivity index is 2.06. The molecule has 5 heteroatoms. The summed E-state index contributed by atoms with van der Waals surface area (Å²) in [6.07, 6.45) is 4.68. The molecule has 2 aliphatic rings. The van der Waals surface area contributed by atoms with E-state index in [2.05, 4.69) is 31.0 Å².